The van der Waals surface area contributed by atoms with E-state index >= 15 is 0 Å². The lowest BCUT2D eigenvalue weighted by Crippen LogP contribution is -2.33. The third-order valence-corrected chi connectivity index (χ3v) is 5.52. The molecule has 0 spiro atoms. The highest BCUT2D eigenvalue weighted by atomic mass is 35.5. The number of carboxylic acids is 1. The number of hydrogen-bond donors (Lipinski definition) is 2. The first-order valence-corrected chi connectivity index (χ1v) is 8.52. The number of rotatable bonds is 2. The van der Waals surface area contributed by atoms with Crippen molar-refractivity contribution < 1.29 is 9.90 Å². The summed E-state index contributed by atoms with van der Waals surface area (Å²) in [4.78, 5) is 13.5. The van der Waals surface area contributed by atoms with Crippen LogP contribution >= 0.6 is 11.6 Å². The van der Waals surface area contributed by atoms with Gasteiger partial charge in [0, 0.05) is 22.7 Å². The Kier molecular flexibility index (Phi) is 3.74. The Morgan fingerprint density at radius 1 is 1.25 bits per heavy atom. The number of hydrogen-bond acceptors (Lipinski definition) is 3. The Balaban J connectivity index is 1.75. The standard InChI is InChI=1S/C19H19ClN2O2/c1-22-9-8-14-17(11-2-4-12(5-3-11)19(23)24)21-16-7-6-13(20)10-15(16)18(14)22/h2-7,10,14,17-18,21H,8-9H2,1H3,(H,23,24)/t14-,17+,18-/m1/s1. The fourth-order valence-electron chi connectivity index (χ4n) is 4.14. The molecule has 0 unspecified atom stereocenters. The van der Waals surface area contributed by atoms with E-state index in [-0.39, 0.29) is 6.04 Å². The number of nitrogens with zero attached hydrogens (tertiary/aromatic N) is 1. The zero-order valence-corrected chi connectivity index (χ0v) is 14.1. The molecule has 4 nitrogen and oxygen atoms in total. The first-order valence-electron chi connectivity index (χ1n) is 8.14. The predicted molar refractivity (Wildman–Crippen MR) is 94.7 cm³/mol. The first kappa shape index (κ1) is 15.5. The van der Waals surface area contributed by atoms with Gasteiger partial charge in [-0.1, -0.05) is 23.7 Å². The van der Waals surface area contributed by atoms with Crippen LogP contribution in [0.5, 0.6) is 0 Å². The third-order valence-electron chi connectivity index (χ3n) is 5.28. The number of nitrogens with one attached hydrogen (secondary N) is 1. The highest BCUT2D eigenvalue weighted by Crippen LogP contribution is 2.50. The topological polar surface area (TPSA) is 52.6 Å². The van der Waals surface area contributed by atoms with Crippen molar-refractivity contribution >= 4 is 23.3 Å². The summed E-state index contributed by atoms with van der Waals surface area (Å²) in [6, 6.07) is 13.8. The molecule has 24 heavy (non-hydrogen) atoms. The Hall–Kier alpha value is -2.04. The molecule has 2 heterocycles. The lowest BCUT2D eigenvalue weighted by molar-refractivity contribution is 0.0697. The number of benzene rings is 2. The molecule has 2 aromatic rings. The third kappa shape index (κ3) is 2.46. The highest BCUT2D eigenvalue weighted by Gasteiger charge is 2.43. The van der Waals surface area contributed by atoms with E-state index in [0.717, 1.165) is 29.2 Å². The summed E-state index contributed by atoms with van der Waals surface area (Å²) in [5.41, 5.74) is 3.82. The van der Waals surface area contributed by atoms with Crippen molar-refractivity contribution in [2.45, 2.75) is 18.5 Å². The van der Waals surface area contributed by atoms with E-state index in [0.29, 0.717) is 17.5 Å². The maximum Gasteiger partial charge on any atom is 0.335 e. The van der Waals surface area contributed by atoms with Gasteiger partial charge in [-0.3, -0.25) is 4.90 Å². The number of carboxylic acid groups (broad SMARTS) is 1. The van der Waals surface area contributed by atoms with Crippen LogP contribution < -0.4 is 5.32 Å². The molecule has 2 aliphatic heterocycles. The molecular weight excluding hydrogens is 324 g/mol. The smallest absolute Gasteiger partial charge is 0.335 e. The van der Waals surface area contributed by atoms with E-state index in [1.54, 1.807) is 12.1 Å². The van der Waals surface area contributed by atoms with Gasteiger partial charge in [-0.05, 0) is 61.5 Å². The number of fused-ring (bicyclic) bond motifs is 3. The van der Waals surface area contributed by atoms with Crippen LogP contribution in [0, 0.1) is 5.92 Å². The zero-order valence-electron chi connectivity index (χ0n) is 13.4. The molecule has 0 aliphatic carbocycles. The SMILES string of the molecule is CN1CC[C@@H]2[C@H](c3ccc(C(=O)O)cc3)Nc3ccc(Cl)cc3[C@@H]21. The van der Waals surface area contributed by atoms with Crippen LogP contribution in [0.4, 0.5) is 5.69 Å². The van der Waals surface area contributed by atoms with Crippen LogP contribution in [-0.2, 0) is 0 Å². The van der Waals surface area contributed by atoms with Gasteiger partial charge in [0.15, 0.2) is 0 Å². The number of aromatic carboxylic acids is 1. The fraction of sp³-hybridized carbons (Fsp3) is 0.316. The van der Waals surface area contributed by atoms with Crippen molar-refractivity contribution in [3.05, 3.63) is 64.2 Å². The summed E-state index contributed by atoms with van der Waals surface area (Å²) in [7, 11) is 2.16. The molecule has 3 atom stereocenters. The second kappa shape index (κ2) is 5.80. The van der Waals surface area contributed by atoms with Gasteiger partial charge in [-0.15, -0.1) is 0 Å². The molecule has 2 N–H and O–H groups in total. The summed E-state index contributed by atoms with van der Waals surface area (Å²) in [6.07, 6.45) is 1.10. The lowest BCUT2D eigenvalue weighted by atomic mass is 9.80. The summed E-state index contributed by atoms with van der Waals surface area (Å²) in [5.74, 6) is -0.451. The number of carbonyl (C=O) groups is 1. The molecule has 4 rings (SSSR count). The van der Waals surface area contributed by atoms with Gasteiger partial charge in [0.1, 0.15) is 0 Å². The largest absolute Gasteiger partial charge is 0.478 e. The fourth-order valence-corrected chi connectivity index (χ4v) is 4.32. The van der Waals surface area contributed by atoms with Gasteiger partial charge in [0.25, 0.3) is 0 Å². The molecule has 124 valence electrons. The Labute approximate surface area is 146 Å². The molecule has 0 bridgehead atoms. The predicted octanol–water partition coefficient (Wildman–Crippen LogP) is 4.20. The minimum atomic E-state index is -0.892. The summed E-state index contributed by atoms with van der Waals surface area (Å²) >= 11 is 6.21. The molecule has 1 saturated heterocycles. The summed E-state index contributed by atoms with van der Waals surface area (Å²) in [5, 5.41) is 13.5. The first-order chi connectivity index (χ1) is 11.5. The van der Waals surface area contributed by atoms with Crippen molar-refractivity contribution in [1.29, 1.82) is 0 Å². The van der Waals surface area contributed by atoms with Crippen molar-refractivity contribution in [3.63, 3.8) is 0 Å². The number of anilines is 1. The molecule has 1 fully saturated rings. The average Bonchev–Trinajstić information content (AvgIpc) is 2.97. The van der Waals surface area contributed by atoms with E-state index in [4.69, 9.17) is 16.7 Å². The molecule has 0 aromatic heterocycles. The van der Waals surface area contributed by atoms with Crippen molar-refractivity contribution in [1.82, 2.24) is 4.90 Å². The van der Waals surface area contributed by atoms with Gasteiger partial charge in [-0.25, -0.2) is 4.79 Å². The maximum atomic E-state index is 11.1. The van der Waals surface area contributed by atoms with Crippen LogP contribution in [0.2, 0.25) is 5.02 Å². The Morgan fingerprint density at radius 3 is 2.71 bits per heavy atom. The van der Waals surface area contributed by atoms with Gasteiger partial charge < -0.3 is 10.4 Å². The zero-order chi connectivity index (χ0) is 16.8. The minimum Gasteiger partial charge on any atom is -0.478 e. The van der Waals surface area contributed by atoms with Gasteiger partial charge >= 0.3 is 5.97 Å². The van der Waals surface area contributed by atoms with Gasteiger partial charge in [-0.2, -0.15) is 0 Å². The molecule has 2 aromatic carbocycles. The molecule has 0 saturated carbocycles. The van der Waals surface area contributed by atoms with E-state index < -0.39 is 5.97 Å². The molecule has 5 heteroatoms. The van der Waals surface area contributed by atoms with Crippen molar-refractivity contribution in [3.8, 4) is 0 Å². The van der Waals surface area contributed by atoms with Crippen LogP contribution in [0.3, 0.4) is 0 Å². The van der Waals surface area contributed by atoms with Crippen LogP contribution in [-0.4, -0.2) is 29.6 Å². The quantitative estimate of drug-likeness (QED) is 0.859. The molecular formula is C19H19ClN2O2. The van der Waals surface area contributed by atoms with Crippen molar-refractivity contribution in [2.75, 3.05) is 18.9 Å². The summed E-state index contributed by atoms with van der Waals surface area (Å²) < 4.78 is 0. The van der Waals surface area contributed by atoms with E-state index in [9.17, 15) is 4.79 Å². The number of likely N-dealkylation sites (tertiary alicyclic amines) is 1. The molecule has 0 radical (unpaired) electrons. The van der Waals surface area contributed by atoms with Crippen LogP contribution in [0.15, 0.2) is 42.5 Å². The number of halogens is 1. The Bertz CT molecular complexity index is 790. The second-order valence-electron chi connectivity index (χ2n) is 6.66. The monoisotopic (exact) mass is 342 g/mol. The van der Waals surface area contributed by atoms with E-state index in [1.807, 2.05) is 24.3 Å². The maximum absolute atomic E-state index is 11.1. The van der Waals surface area contributed by atoms with Gasteiger partial charge in [0.2, 0.25) is 0 Å². The van der Waals surface area contributed by atoms with Crippen LogP contribution in [0.25, 0.3) is 0 Å². The molecule has 0 amide bonds. The second-order valence-corrected chi connectivity index (χ2v) is 7.10. The summed E-state index contributed by atoms with van der Waals surface area (Å²) in [6.45, 7) is 1.05. The highest BCUT2D eigenvalue weighted by molar-refractivity contribution is 6.30. The van der Waals surface area contributed by atoms with E-state index in [2.05, 4.69) is 23.3 Å². The lowest BCUT2D eigenvalue weighted by Gasteiger charge is -2.39. The van der Waals surface area contributed by atoms with Gasteiger partial charge in [0.05, 0.1) is 11.6 Å². The van der Waals surface area contributed by atoms with Crippen molar-refractivity contribution in [2.24, 2.45) is 5.92 Å². The van der Waals surface area contributed by atoms with E-state index in [1.165, 1.54) is 5.56 Å². The Morgan fingerprint density at radius 2 is 2.00 bits per heavy atom. The minimum absolute atomic E-state index is 0.177. The normalized spacial score (nSPS) is 25.7. The molecule has 2 aliphatic rings. The average molecular weight is 343 g/mol. The van der Waals surface area contributed by atoms with Crippen LogP contribution in [0.1, 0.15) is 40.0 Å².